The van der Waals surface area contributed by atoms with Gasteiger partial charge in [-0.3, -0.25) is 0 Å². The van der Waals surface area contributed by atoms with Gasteiger partial charge in [-0.25, -0.2) is 0 Å². The summed E-state index contributed by atoms with van der Waals surface area (Å²) in [7, 11) is 0. The minimum Gasteiger partial charge on any atom is -0.388 e. The molecule has 5 aliphatic rings. The van der Waals surface area contributed by atoms with Crippen LogP contribution in [-0.4, -0.2) is 28.7 Å². The first-order valence-corrected chi connectivity index (χ1v) is 12.4. The van der Waals surface area contributed by atoms with E-state index in [-0.39, 0.29) is 17.8 Å². The smallest absolute Gasteiger partial charge is 0.0806 e. The summed E-state index contributed by atoms with van der Waals surface area (Å²) < 4.78 is 0. The maximum Gasteiger partial charge on any atom is 0.0806 e. The SMILES string of the molecule is CCC(C)C1C2=C3C(=C4C=CCCC4C1(O)C(C)C)CN1CC=CC=C1C3CCC2. The molecule has 0 spiro atoms. The maximum absolute atomic E-state index is 12.7. The lowest BCUT2D eigenvalue weighted by Gasteiger charge is -2.50. The largest absolute Gasteiger partial charge is 0.388 e. The van der Waals surface area contributed by atoms with E-state index in [0.717, 1.165) is 32.4 Å². The molecule has 0 amide bonds. The van der Waals surface area contributed by atoms with Gasteiger partial charge in [0.1, 0.15) is 0 Å². The van der Waals surface area contributed by atoms with Crippen LogP contribution in [0.5, 0.6) is 0 Å². The zero-order chi connectivity index (χ0) is 21.0. The van der Waals surface area contributed by atoms with Gasteiger partial charge in [0, 0.05) is 36.5 Å². The van der Waals surface area contributed by atoms with E-state index in [4.69, 9.17) is 0 Å². The number of aliphatic hydroxyl groups is 1. The Kier molecular flexibility index (Phi) is 5.13. The molecule has 30 heavy (non-hydrogen) atoms. The minimum atomic E-state index is -0.656. The predicted octanol–water partition coefficient (Wildman–Crippen LogP) is 6.18. The first-order valence-electron chi connectivity index (χ1n) is 12.4. The van der Waals surface area contributed by atoms with Crippen molar-refractivity contribution in [1.82, 2.24) is 4.90 Å². The maximum atomic E-state index is 12.7. The molecule has 3 aliphatic carbocycles. The van der Waals surface area contributed by atoms with E-state index in [1.54, 1.807) is 16.7 Å². The Morgan fingerprint density at radius 1 is 1.20 bits per heavy atom. The highest BCUT2D eigenvalue weighted by molar-refractivity contribution is 5.56. The third-order valence-electron chi connectivity index (χ3n) is 8.97. The summed E-state index contributed by atoms with van der Waals surface area (Å²) in [5.74, 6) is 1.81. The number of rotatable bonds is 3. The molecule has 0 bridgehead atoms. The second-order valence-electron chi connectivity index (χ2n) is 10.7. The Labute approximate surface area is 183 Å². The number of fused-ring (bicyclic) bond motifs is 3. The molecule has 5 atom stereocenters. The molecule has 0 aromatic rings. The Balaban J connectivity index is 1.81. The van der Waals surface area contributed by atoms with Crippen molar-refractivity contribution in [3.63, 3.8) is 0 Å². The van der Waals surface area contributed by atoms with Gasteiger partial charge in [-0.2, -0.15) is 0 Å². The van der Waals surface area contributed by atoms with E-state index in [0.29, 0.717) is 11.8 Å². The Morgan fingerprint density at radius 3 is 2.80 bits per heavy atom. The topological polar surface area (TPSA) is 23.5 Å². The van der Waals surface area contributed by atoms with Gasteiger partial charge in [0.15, 0.2) is 0 Å². The summed E-state index contributed by atoms with van der Waals surface area (Å²) in [6.07, 6.45) is 18.7. The van der Waals surface area contributed by atoms with Crippen molar-refractivity contribution < 1.29 is 5.11 Å². The van der Waals surface area contributed by atoms with Crippen molar-refractivity contribution in [2.75, 3.05) is 13.1 Å². The van der Waals surface area contributed by atoms with E-state index >= 15 is 0 Å². The highest BCUT2D eigenvalue weighted by atomic mass is 16.3. The Hall–Kier alpha value is -1.54. The molecule has 1 saturated heterocycles. The van der Waals surface area contributed by atoms with Crippen molar-refractivity contribution in [1.29, 1.82) is 0 Å². The fourth-order valence-corrected chi connectivity index (χ4v) is 7.43. The monoisotopic (exact) mass is 405 g/mol. The molecule has 0 radical (unpaired) electrons. The van der Waals surface area contributed by atoms with Crippen molar-refractivity contribution in [3.8, 4) is 0 Å². The molecule has 0 saturated carbocycles. The van der Waals surface area contributed by atoms with Crippen LogP contribution >= 0.6 is 0 Å². The molecular formula is C28H39NO. The van der Waals surface area contributed by atoms with Gasteiger partial charge in [-0.05, 0) is 66.7 Å². The van der Waals surface area contributed by atoms with Crippen molar-refractivity contribution in [2.45, 2.75) is 71.8 Å². The molecule has 0 aromatic carbocycles. The van der Waals surface area contributed by atoms with Crippen LogP contribution in [0.2, 0.25) is 0 Å². The number of hydrogen-bond donors (Lipinski definition) is 1. The lowest BCUT2D eigenvalue weighted by molar-refractivity contribution is -0.101. The van der Waals surface area contributed by atoms with Gasteiger partial charge in [0.25, 0.3) is 0 Å². The van der Waals surface area contributed by atoms with E-state index in [2.05, 4.69) is 63.0 Å². The summed E-state index contributed by atoms with van der Waals surface area (Å²) in [6, 6.07) is 0. The third kappa shape index (κ3) is 2.79. The normalized spacial score (nSPS) is 36.3. The summed E-state index contributed by atoms with van der Waals surface area (Å²) in [5.41, 5.74) is 7.19. The zero-order valence-electron chi connectivity index (χ0n) is 19.3. The summed E-state index contributed by atoms with van der Waals surface area (Å²) in [5, 5.41) is 12.7. The molecule has 2 nitrogen and oxygen atoms in total. The molecule has 2 heteroatoms. The van der Waals surface area contributed by atoms with Crippen LogP contribution in [0, 0.1) is 29.6 Å². The summed E-state index contributed by atoms with van der Waals surface area (Å²) >= 11 is 0. The molecule has 5 unspecified atom stereocenters. The lowest BCUT2D eigenvalue weighted by atomic mass is 9.59. The number of hydrogen-bond acceptors (Lipinski definition) is 2. The molecule has 1 fully saturated rings. The number of allylic oxidation sites excluding steroid dienone is 5. The predicted molar refractivity (Wildman–Crippen MR) is 125 cm³/mol. The minimum absolute atomic E-state index is 0.251. The van der Waals surface area contributed by atoms with E-state index in [1.807, 2.05) is 0 Å². The van der Waals surface area contributed by atoms with Crippen molar-refractivity contribution >= 4 is 0 Å². The van der Waals surface area contributed by atoms with Gasteiger partial charge in [0.2, 0.25) is 0 Å². The van der Waals surface area contributed by atoms with Crippen molar-refractivity contribution in [3.05, 3.63) is 58.4 Å². The fourth-order valence-electron chi connectivity index (χ4n) is 7.43. The van der Waals surface area contributed by atoms with Gasteiger partial charge in [-0.15, -0.1) is 0 Å². The van der Waals surface area contributed by atoms with Gasteiger partial charge >= 0.3 is 0 Å². The first-order chi connectivity index (χ1) is 14.5. The van der Waals surface area contributed by atoms with Crippen LogP contribution in [0.1, 0.15) is 66.2 Å². The second kappa shape index (κ2) is 7.55. The zero-order valence-corrected chi connectivity index (χ0v) is 19.3. The van der Waals surface area contributed by atoms with Crippen LogP contribution in [0.25, 0.3) is 0 Å². The van der Waals surface area contributed by atoms with E-state index < -0.39 is 5.60 Å². The molecule has 5 rings (SSSR count). The van der Waals surface area contributed by atoms with Crippen LogP contribution in [-0.2, 0) is 0 Å². The second-order valence-corrected chi connectivity index (χ2v) is 10.7. The van der Waals surface area contributed by atoms with Crippen LogP contribution in [0.4, 0.5) is 0 Å². The Bertz CT molecular complexity index is 869. The highest BCUT2D eigenvalue weighted by Crippen LogP contribution is 2.58. The molecule has 2 heterocycles. The summed E-state index contributed by atoms with van der Waals surface area (Å²) in [4.78, 5) is 2.61. The molecule has 162 valence electrons. The number of nitrogens with zero attached hydrogens (tertiary/aromatic N) is 1. The molecule has 0 aromatic heterocycles. The van der Waals surface area contributed by atoms with Crippen LogP contribution in [0.15, 0.2) is 58.4 Å². The van der Waals surface area contributed by atoms with E-state index in [9.17, 15) is 5.11 Å². The molecule has 1 N–H and O–H groups in total. The van der Waals surface area contributed by atoms with Gasteiger partial charge in [0.05, 0.1) is 5.60 Å². The van der Waals surface area contributed by atoms with Gasteiger partial charge < -0.3 is 10.0 Å². The van der Waals surface area contributed by atoms with Crippen LogP contribution < -0.4 is 0 Å². The lowest BCUT2D eigenvalue weighted by Crippen LogP contribution is -2.53. The average molecular weight is 406 g/mol. The number of piperidine rings is 1. The average Bonchev–Trinajstić information content (AvgIpc) is 2.87. The van der Waals surface area contributed by atoms with Crippen molar-refractivity contribution in [2.24, 2.45) is 29.6 Å². The Morgan fingerprint density at radius 2 is 2.03 bits per heavy atom. The molecule has 2 aliphatic heterocycles. The first kappa shape index (κ1) is 20.4. The van der Waals surface area contributed by atoms with Gasteiger partial charge in [-0.1, -0.05) is 64.0 Å². The third-order valence-corrected chi connectivity index (χ3v) is 8.97. The summed E-state index contributed by atoms with van der Waals surface area (Å²) in [6.45, 7) is 11.3. The standard InChI is InChI=1S/C28H39NO/c1-5-19(4)27-22-13-10-12-21-25-15-8-9-16-29(25)17-23(26(21)22)20-11-6-7-14-24(20)28(27,30)18(2)3/h6,8-9,11,15,18-19,21,24,27,30H,5,7,10,12-14,16-17H2,1-4H3. The molecular weight excluding hydrogens is 366 g/mol. The van der Waals surface area contributed by atoms with E-state index in [1.165, 1.54) is 30.5 Å². The highest BCUT2D eigenvalue weighted by Gasteiger charge is 2.55. The van der Waals surface area contributed by atoms with Crippen LogP contribution in [0.3, 0.4) is 0 Å². The quantitative estimate of drug-likeness (QED) is 0.606. The fraction of sp³-hybridized carbons (Fsp3) is 0.643.